The van der Waals surface area contributed by atoms with Crippen LogP contribution >= 0.6 is 0 Å². The van der Waals surface area contributed by atoms with E-state index in [0.29, 0.717) is 6.61 Å². The Bertz CT molecular complexity index is 280. The number of carbonyl (C=O) groups excluding carboxylic acids is 1. The summed E-state index contributed by atoms with van der Waals surface area (Å²) in [6.07, 6.45) is 7.13. The minimum atomic E-state index is -1.30. The fourth-order valence-electron chi connectivity index (χ4n) is 1.91. The summed E-state index contributed by atoms with van der Waals surface area (Å²) in [7, 11) is -1.30. The second-order valence-corrected chi connectivity index (χ2v) is 11.6. The second-order valence-electron chi connectivity index (χ2n) is 6.11. The highest BCUT2D eigenvalue weighted by atomic mass is 28.3. The highest BCUT2D eigenvalue weighted by molar-refractivity contribution is 6.77. The third kappa shape index (κ3) is 11.0. The van der Waals surface area contributed by atoms with Crippen molar-refractivity contribution in [2.75, 3.05) is 13.2 Å². The van der Waals surface area contributed by atoms with Crippen LogP contribution in [0.2, 0.25) is 25.7 Å². The SMILES string of the molecule is CCOC(=O)C(=CCCCCCCO)C[Si](C)(C)C. The first kappa shape index (κ1) is 18.4. The molecular formula is C15H30O3Si. The Labute approximate surface area is 119 Å². The van der Waals surface area contributed by atoms with Gasteiger partial charge in [-0.3, -0.25) is 0 Å². The summed E-state index contributed by atoms with van der Waals surface area (Å²) in [4.78, 5) is 11.9. The predicted octanol–water partition coefficient (Wildman–Crippen LogP) is 3.76. The normalized spacial score (nSPS) is 12.6. The molecule has 112 valence electrons. The molecule has 0 aliphatic carbocycles. The lowest BCUT2D eigenvalue weighted by Crippen LogP contribution is -2.23. The molecule has 0 heterocycles. The van der Waals surface area contributed by atoms with Crippen LogP contribution in [0.15, 0.2) is 11.6 Å². The Morgan fingerprint density at radius 3 is 2.32 bits per heavy atom. The molecule has 1 N–H and O–H groups in total. The van der Waals surface area contributed by atoms with E-state index in [1.165, 1.54) is 0 Å². The lowest BCUT2D eigenvalue weighted by atomic mass is 10.1. The first-order chi connectivity index (χ1) is 8.90. The maximum Gasteiger partial charge on any atom is 0.333 e. The molecule has 0 aliphatic heterocycles. The molecule has 0 atom stereocenters. The van der Waals surface area contributed by atoms with E-state index in [1.807, 2.05) is 6.92 Å². The van der Waals surface area contributed by atoms with Gasteiger partial charge in [0, 0.05) is 20.3 Å². The average Bonchev–Trinajstić information content (AvgIpc) is 2.31. The number of allylic oxidation sites excluding steroid dienone is 1. The van der Waals surface area contributed by atoms with Gasteiger partial charge in [-0.25, -0.2) is 4.79 Å². The van der Waals surface area contributed by atoms with Crippen molar-refractivity contribution in [1.29, 1.82) is 0 Å². The zero-order valence-corrected chi connectivity index (χ0v) is 14.0. The molecule has 4 heteroatoms. The number of hydrogen-bond acceptors (Lipinski definition) is 3. The second kappa shape index (κ2) is 10.2. The van der Waals surface area contributed by atoms with E-state index in [0.717, 1.165) is 43.7 Å². The number of esters is 1. The van der Waals surface area contributed by atoms with Gasteiger partial charge in [-0.2, -0.15) is 0 Å². The molecule has 0 amide bonds. The molecule has 0 aromatic heterocycles. The molecule has 0 saturated carbocycles. The van der Waals surface area contributed by atoms with Gasteiger partial charge in [-0.1, -0.05) is 38.6 Å². The molecule has 0 aromatic rings. The number of ether oxygens (including phenoxy) is 1. The van der Waals surface area contributed by atoms with Crippen LogP contribution in [0.1, 0.15) is 39.0 Å². The van der Waals surface area contributed by atoms with Gasteiger partial charge >= 0.3 is 5.97 Å². The van der Waals surface area contributed by atoms with Crippen LogP contribution in [0.3, 0.4) is 0 Å². The molecule has 0 radical (unpaired) electrons. The van der Waals surface area contributed by atoms with Gasteiger partial charge in [0.1, 0.15) is 0 Å². The molecule has 0 rings (SSSR count). The summed E-state index contributed by atoms with van der Waals surface area (Å²) in [5.74, 6) is -0.139. The molecule has 19 heavy (non-hydrogen) atoms. The molecular weight excluding hydrogens is 256 g/mol. The van der Waals surface area contributed by atoms with Crippen molar-refractivity contribution in [3.8, 4) is 0 Å². The smallest absolute Gasteiger partial charge is 0.333 e. The molecule has 0 bridgehead atoms. The lowest BCUT2D eigenvalue weighted by Gasteiger charge is -2.17. The van der Waals surface area contributed by atoms with Crippen molar-refractivity contribution in [3.05, 3.63) is 11.6 Å². The fraction of sp³-hybridized carbons (Fsp3) is 0.800. The van der Waals surface area contributed by atoms with E-state index in [2.05, 4.69) is 25.7 Å². The van der Waals surface area contributed by atoms with Crippen molar-refractivity contribution in [2.24, 2.45) is 0 Å². The minimum Gasteiger partial charge on any atom is -0.463 e. The van der Waals surface area contributed by atoms with Crippen LogP contribution in [-0.2, 0) is 9.53 Å². The Balaban J connectivity index is 4.27. The van der Waals surface area contributed by atoms with E-state index in [9.17, 15) is 4.79 Å². The quantitative estimate of drug-likeness (QED) is 0.288. The zero-order valence-electron chi connectivity index (χ0n) is 13.0. The van der Waals surface area contributed by atoms with Crippen LogP contribution in [0, 0.1) is 0 Å². The molecule has 0 saturated heterocycles. The maximum absolute atomic E-state index is 11.9. The summed E-state index contributed by atoms with van der Waals surface area (Å²) in [6, 6.07) is 0.891. The van der Waals surface area contributed by atoms with Crippen molar-refractivity contribution in [1.82, 2.24) is 0 Å². The number of carbonyl (C=O) groups is 1. The highest BCUT2D eigenvalue weighted by Gasteiger charge is 2.20. The summed E-state index contributed by atoms with van der Waals surface area (Å²) < 4.78 is 5.13. The van der Waals surface area contributed by atoms with E-state index in [4.69, 9.17) is 9.84 Å². The van der Waals surface area contributed by atoms with Crippen LogP contribution in [0.25, 0.3) is 0 Å². The van der Waals surface area contributed by atoms with Crippen LogP contribution < -0.4 is 0 Å². The molecule has 0 unspecified atom stereocenters. The first-order valence-corrected chi connectivity index (χ1v) is 11.1. The van der Waals surface area contributed by atoms with Crippen molar-refractivity contribution in [3.63, 3.8) is 0 Å². The Hall–Kier alpha value is -0.613. The van der Waals surface area contributed by atoms with E-state index in [1.54, 1.807) is 0 Å². The van der Waals surface area contributed by atoms with Gasteiger partial charge in [-0.05, 0) is 32.2 Å². The van der Waals surface area contributed by atoms with Crippen molar-refractivity contribution in [2.45, 2.75) is 64.7 Å². The van der Waals surface area contributed by atoms with Crippen LogP contribution in [0.5, 0.6) is 0 Å². The number of aliphatic hydroxyl groups is 1. The molecule has 0 aromatic carbocycles. The Kier molecular flexibility index (Phi) is 9.88. The minimum absolute atomic E-state index is 0.139. The molecule has 0 fully saturated rings. The Morgan fingerprint density at radius 2 is 1.79 bits per heavy atom. The lowest BCUT2D eigenvalue weighted by molar-refractivity contribution is -0.138. The Morgan fingerprint density at radius 1 is 1.16 bits per heavy atom. The van der Waals surface area contributed by atoms with Crippen molar-refractivity contribution < 1.29 is 14.6 Å². The summed E-state index contributed by atoms with van der Waals surface area (Å²) in [5.41, 5.74) is 0.864. The summed E-state index contributed by atoms with van der Waals surface area (Å²) >= 11 is 0. The first-order valence-electron chi connectivity index (χ1n) is 7.37. The third-order valence-electron chi connectivity index (χ3n) is 2.76. The van der Waals surface area contributed by atoms with Gasteiger partial charge < -0.3 is 9.84 Å². The predicted molar refractivity (Wildman–Crippen MR) is 83.0 cm³/mol. The summed E-state index contributed by atoms with van der Waals surface area (Å²) in [6.45, 7) is 9.36. The monoisotopic (exact) mass is 286 g/mol. The average molecular weight is 286 g/mol. The number of unbranched alkanes of at least 4 members (excludes halogenated alkanes) is 4. The van der Waals surface area contributed by atoms with Crippen LogP contribution in [0.4, 0.5) is 0 Å². The van der Waals surface area contributed by atoms with Gasteiger partial charge in [0.05, 0.1) is 6.61 Å². The number of aliphatic hydroxyl groups excluding tert-OH is 1. The van der Waals surface area contributed by atoms with Gasteiger partial charge in [0.15, 0.2) is 0 Å². The van der Waals surface area contributed by atoms with Gasteiger partial charge in [0.25, 0.3) is 0 Å². The molecule has 0 spiro atoms. The zero-order chi connectivity index (χ0) is 14.7. The van der Waals surface area contributed by atoms with Crippen LogP contribution in [-0.4, -0.2) is 32.4 Å². The third-order valence-corrected chi connectivity index (χ3v) is 4.20. The highest BCUT2D eigenvalue weighted by Crippen LogP contribution is 2.19. The van der Waals surface area contributed by atoms with E-state index < -0.39 is 8.07 Å². The number of hydrogen-bond donors (Lipinski definition) is 1. The van der Waals surface area contributed by atoms with Crippen molar-refractivity contribution >= 4 is 14.0 Å². The fourth-order valence-corrected chi connectivity index (χ4v) is 3.34. The van der Waals surface area contributed by atoms with E-state index in [-0.39, 0.29) is 12.6 Å². The maximum atomic E-state index is 11.9. The standard InChI is InChI=1S/C15H30O3Si/c1-5-18-15(17)14(13-19(2,3)4)11-9-7-6-8-10-12-16/h11,16H,5-10,12-13H2,1-4H3. The van der Waals surface area contributed by atoms with Gasteiger partial charge in [-0.15, -0.1) is 0 Å². The molecule has 3 nitrogen and oxygen atoms in total. The summed E-state index contributed by atoms with van der Waals surface area (Å²) in [5, 5.41) is 8.70. The van der Waals surface area contributed by atoms with E-state index >= 15 is 0 Å². The van der Waals surface area contributed by atoms with Gasteiger partial charge in [0.2, 0.25) is 0 Å². The number of rotatable bonds is 10. The largest absolute Gasteiger partial charge is 0.463 e. The molecule has 0 aliphatic rings. The topological polar surface area (TPSA) is 46.5 Å².